The lowest BCUT2D eigenvalue weighted by Gasteiger charge is -2.10. The lowest BCUT2D eigenvalue weighted by Crippen LogP contribution is -2.12. The predicted molar refractivity (Wildman–Crippen MR) is 134 cm³/mol. The van der Waals surface area contributed by atoms with Crippen molar-refractivity contribution in [1.82, 2.24) is 3.97 Å². The molecule has 0 radical (unpaired) electrons. The van der Waals surface area contributed by atoms with Gasteiger partial charge in [0.05, 0.1) is 15.9 Å². The van der Waals surface area contributed by atoms with E-state index in [4.69, 9.17) is 0 Å². The van der Waals surface area contributed by atoms with Crippen LogP contribution < -0.4 is 0 Å². The van der Waals surface area contributed by atoms with E-state index in [1.165, 1.54) is 26.2 Å². The molecular weight excluding hydrogens is 426 g/mol. The van der Waals surface area contributed by atoms with E-state index in [0.717, 1.165) is 28.0 Å². The third-order valence-corrected chi connectivity index (χ3v) is 8.52. The van der Waals surface area contributed by atoms with Gasteiger partial charge in [0.15, 0.2) is 0 Å². The Kier molecular flexibility index (Phi) is 3.71. The number of nitrogens with zero attached hydrogens (tertiary/aromatic N) is 1. The normalized spacial score (nSPS) is 13.0. The monoisotopic (exact) mass is 445 g/mol. The number of rotatable bonds is 2. The summed E-state index contributed by atoms with van der Waals surface area (Å²) >= 11 is 0. The molecule has 0 fully saturated rings. The molecule has 0 N–H and O–H groups in total. The second-order valence-electron chi connectivity index (χ2n) is 8.66. The molecule has 0 saturated heterocycles. The van der Waals surface area contributed by atoms with Crippen molar-refractivity contribution in [3.63, 3.8) is 0 Å². The summed E-state index contributed by atoms with van der Waals surface area (Å²) in [7, 11) is -3.76. The second kappa shape index (κ2) is 6.56. The van der Waals surface area contributed by atoms with Gasteiger partial charge < -0.3 is 0 Å². The first kappa shape index (κ1) is 18.7. The fraction of sp³-hybridized carbons (Fsp3) is 0.0345. The Bertz CT molecular complexity index is 1850. The van der Waals surface area contributed by atoms with Gasteiger partial charge >= 0.3 is 0 Å². The van der Waals surface area contributed by atoms with Gasteiger partial charge in [0.1, 0.15) is 0 Å². The van der Waals surface area contributed by atoms with Gasteiger partial charge in [0.2, 0.25) is 0 Å². The first-order valence-corrected chi connectivity index (χ1v) is 12.4. The number of hydrogen-bond acceptors (Lipinski definition) is 2. The van der Waals surface area contributed by atoms with Crippen molar-refractivity contribution in [3.8, 4) is 11.1 Å². The van der Waals surface area contributed by atoms with Crippen LogP contribution in [-0.4, -0.2) is 12.4 Å². The average Bonchev–Trinajstić information content (AvgIpc) is 3.37. The highest BCUT2D eigenvalue weighted by Gasteiger charge is 2.24. The van der Waals surface area contributed by atoms with Gasteiger partial charge in [0, 0.05) is 10.8 Å². The molecule has 158 valence electrons. The van der Waals surface area contributed by atoms with Gasteiger partial charge in [-0.05, 0) is 75.8 Å². The van der Waals surface area contributed by atoms with E-state index >= 15 is 0 Å². The summed E-state index contributed by atoms with van der Waals surface area (Å²) in [6, 6.07) is 33.6. The Balaban J connectivity index is 1.58. The van der Waals surface area contributed by atoms with Crippen LogP contribution in [0.3, 0.4) is 0 Å². The first-order chi connectivity index (χ1) is 16.1. The van der Waals surface area contributed by atoms with Gasteiger partial charge in [-0.1, -0.05) is 66.7 Å². The Morgan fingerprint density at radius 3 is 2.18 bits per heavy atom. The van der Waals surface area contributed by atoms with Crippen LogP contribution in [0.15, 0.2) is 108 Å². The van der Waals surface area contributed by atoms with Gasteiger partial charge in [-0.2, -0.15) is 0 Å². The molecule has 0 atom stereocenters. The minimum atomic E-state index is -3.76. The van der Waals surface area contributed by atoms with E-state index in [0.29, 0.717) is 11.0 Å². The summed E-state index contributed by atoms with van der Waals surface area (Å²) in [6.07, 6.45) is 0.908. The zero-order chi connectivity index (χ0) is 22.2. The molecule has 4 heteroatoms. The number of benzene rings is 5. The van der Waals surface area contributed by atoms with Crippen LogP contribution in [0.1, 0.15) is 11.1 Å². The van der Waals surface area contributed by atoms with Gasteiger partial charge in [0.25, 0.3) is 10.0 Å². The molecule has 1 aliphatic carbocycles. The summed E-state index contributed by atoms with van der Waals surface area (Å²) < 4.78 is 29.0. The molecule has 0 bridgehead atoms. The van der Waals surface area contributed by atoms with E-state index in [1.807, 2.05) is 36.4 Å². The minimum Gasteiger partial charge on any atom is -0.233 e. The number of hydrogen-bond donors (Lipinski definition) is 0. The lowest BCUT2D eigenvalue weighted by molar-refractivity contribution is 0.590. The Morgan fingerprint density at radius 2 is 1.30 bits per heavy atom. The molecule has 0 saturated carbocycles. The Labute approximate surface area is 191 Å². The van der Waals surface area contributed by atoms with E-state index in [9.17, 15) is 8.42 Å². The van der Waals surface area contributed by atoms with E-state index in [-0.39, 0.29) is 4.90 Å². The Hall–Kier alpha value is -3.89. The quantitative estimate of drug-likeness (QED) is 0.295. The molecule has 3 nitrogen and oxygen atoms in total. The van der Waals surface area contributed by atoms with Crippen LogP contribution in [0, 0.1) is 0 Å². The van der Waals surface area contributed by atoms with Gasteiger partial charge in [-0.15, -0.1) is 0 Å². The SMILES string of the molecule is O=S(=O)(c1ccccc1)n1c2ccccc2c2cc3cc4c(cc3cc21)Cc1ccccc1-4. The number of para-hydroxylation sites is 1. The molecule has 0 aliphatic heterocycles. The van der Waals surface area contributed by atoms with Crippen molar-refractivity contribution in [2.75, 3.05) is 0 Å². The maximum absolute atomic E-state index is 13.8. The molecule has 5 aromatic carbocycles. The van der Waals surface area contributed by atoms with Crippen molar-refractivity contribution in [2.24, 2.45) is 0 Å². The van der Waals surface area contributed by atoms with Crippen molar-refractivity contribution >= 4 is 42.6 Å². The van der Waals surface area contributed by atoms with Crippen molar-refractivity contribution in [3.05, 3.63) is 114 Å². The highest BCUT2D eigenvalue weighted by Crippen LogP contribution is 2.41. The zero-order valence-electron chi connectivity index (χ0n) is 17.7. The highest BCUT2D eigenvalue weighted by atomic mass is 32.2. The van der Waals surface area contributed by atoms with Crippen LogP contribution in [-0.2, 0) is 16.4 Å². The molecule has 1 heterocycles. The standard InChI is InChI=1S/C29H19NO2S/c31-33(32,23-9-2-1-3-10-23)30-28-13-7-6-12-25(28)27-17-21-16-26-22(15-20(21)18-29(27)30)14-19-8-4-5-11-24(19)26/h1-13,15-18H,14H2. The van der Waals surface area contributed by atoms with Crippen LogP contribution in [0.25, 0.3) is 43.7 Å². The van der Waals surface area contributed by atoms with Gasteiger partial charge in [-0.3, -0.25) is 0 Å². The summed E-state index contributed by atoms with van der Waals surface area (Å²) in [5.41, 5.74) is 6.61. The maximum Gasteiger partial charge on any atom is 0.268 e. The molecule has 7 rings (SSSR count). The van der Waals surface area contributed by atoms with Crippen LogP contribution in [0.2, 0.25) is 0 Å². The van der Waals surface area contributed by atoms with Crippen LogP contribution in [0.4, 0.5) is 0 Å². The highest BCUT2D eigenvalue weighted by molar-refractivity contribution is 7.90. The van der Waals surface area contributed by atoms with Crippen molar-refractivity contribution in [1.29, 1.82) is 0 Å². The molecule has 1 aliphatic rings. The molecule has 0 spiro atoms. The van der Waals surface area contributed by atoms with E-state index < -0.39 is 10.0 Å². The molecular formula is C29H19NO2S. The smallest absolute Gasteiger partial charge is 0.233 e. The average molecular weight is 446 g/mol. The third-order valence-electron chi connectivity index (χ3n) is 6.78. The van der Waals surface area contributed by atoms with Crippen molar-refractivity contribution in [2.45, 2.75) is 11.3 Å². The fourth-order valence-electron chi connectivity index (χ4n) is 5.27. The summed E-state index contributed by atoms with van der Waals surface area (Å²) in [6.45, 7) is 0. The third kappa shape index (κ3) is 2.58. The van der Waals surface area contributed by atoms with Crippen molar-refractivity contribution < 1.29 is 8.42 Å². The largest absolute Gasteiger partial charge is 0.268 e. The minimum absolute atomic E-state index is 0.289. The van der Waals surface area contributed by atoms with E-state index in [1.54, 1.807) is 24.3 Å². The molecule has 1 aromatic heterocycles. The topological polar surface area (TPSA) is 39.1 Å². The number of fused-ring (bicyclic) bond motifs is 7. The fourth-order valence-corrected chi connectivity index (χ4v) is 6.81. The summed E-state index contributed by atoms with van der Waals surface area (Å²) in [5.74, 6) is 0. The summed E-state index contributed by atoms with van der Waals surface area (Å²) in [4.78, 5) is 0.289. The van der Waals surface area contributed by atoms with E-state index in [2.05, 4.69) is 42.5 Å². The Morgan fingerprint density at radius 1 is 0.576 bits per heavy atom. The zero-order valence-corrected chi connectivity index (χ0v) is 18.5. The maximum atomic E-state index is 13.8. The molecule has 0 unspecified atom stereocenters. The molecule has 6 aromatic rings. The first-order valence-electron chi connectivity index (χ1n) is 11.0. The number of aromatic nitrogens is 1. The second-order valence-corrected chi connectivity index (χ2v) is 10.4. The molecule has 0 amide bonds. The lowest BCUT2D eigenvalue weighted by atomic mass is 9.99. The predicted octanol–water partition coefficient (Wildman–Crippen LogP) is 6.76. The van der Waals surface area contributed by atoms with Gasteiger partial charge in [-0.25, -0.2) is 12.4 Å². The van der Waals surface area contributed by atoms with Crippen LogP contribution >= 0.6 is 0 Å². The summed E-state index contributed by atoms with van der Waals surface area (Å²) in [5, 5.41) is 4.07. The van der Waals surface area contributed by atoms with Crippen LogP contribution in [0.5, 0.6) is 0 Å². The molecule has 33 heavy (non-hydrogen) atoms.